The molecule has 0 aliphatic rings. The lowest BCUT2D eigenvalue weighted by atomic mass is 10.4. The highest BCUT2D eigenvalue weighted by Gasteiger charge is 1.96. The van der Waals surface area contributed by atoms with Crippen molar-refractivity contribution in [2.24, 2.45) is 0 Å². The van der Waals surface area contributed by atoms with Crippen LogP contribution < -0.4 is 0 Å². The molecule has 58 valence electrons. The van der Waals surface area contributed by atoms with E-state index in [-0.39, 0.29) is 0 Å². The molecule has 1 rings (SSSR count). The summed E-state index contributed by atoms with van der Waals surface area (Å²) in [6.45, 7) is 0. The lowest BCUT2D eigenvalue weighted by Crippen LogP contribution is -1.88. The van der Waals surface area contributed by atoms with E-state index in [4.69, 9.17) is 17.0 Å². The van der Waals surface area contributed by atoms with Gasteiger partial charge in [0.25, 0.3) is 0 Å². The van der Waals surface area contributed by atoms with Crippen LogP contribution in [-0.4, -0.2) is 11.5 Å². The van der Waals surface area contributed by atoms with E-state index < -0.39 is 0 Å². The molecule has 0 aromatic heterocycles. The molecule has 0 saturated heterocycles. The first-order chi connectivity index (χ1) is 5.33. The van der Waals surface area contributed by atoms with Gasteiger partial charge in [0.15, 0.2) is 0 Å². The Bertz CT molecular complexity index is 233. The molecular formula is C8H8OS2. The average molecular weight is 184 g/mol. The fourth-order valence-corrected chi connectivity index (χ4v) is 1.48. The topological polar surface area (TPSA) is 9.23 Å². The van der Waals surface area contributed by atoms with E-state index in [1.807, 2.05) is 30.3 Å². The van der Waals surface area contributed by atoms with Gasteiger partial charge in [-0.25, -0.2) is 0 Å². The van der Waals surface area contributed by atoms with Crippen molar-refractivity contribution in [2.45, 2.75) is 4.90 Å². The minimum Gasteiger partial charge on any atom is -0.482 e. The predicted octanol–water partition coefficient (Wildman–Crippen LogP) is 2.71. The highest BCUT2D eigenvalue weighted by Crippen LogP contribution is 2.18. The molecule has 0 unspecified atom stereocenters. The van der Waals surface area contributed by atoms with Crippen LogP contribution in [0.4, 0.5) is 0 Å². The molecule has 0 aliphatic heterocycles. The highest BCUT2D eigenvalue weighted by atomic mass is 32.2. The first kappa shape index (κ1) is 8.56. The van der Waals surface area contributed by atoms with Crippen molar-refractivity contribution in [2.75, 3.05) is 7.11 Å². The Morgan fingerprint density at radius 3 is 2.55 bits per heavy atom. The molecule has 0 amide bonds. The largest absolute Gasteiger partial charge is 0.482 e. The third kappa shape index (κ3) is 2.91. The molecule has 0 heterocycles. The van der Waals surface area contributed by atoms with E-state index in [0.29, 0.717) is 4.38 Å². The van der Waals surface area contributed by atoms with Gasteiger partial charge in [-0.15, -0.1) is 0 Å². The van der Waals surface area contributed by atoms with Crippen LogP contribution >= 0.6 is 24.0 Å². The van der Waals surface area contributed by atoms with E-state index in [9.17, 15) is 0 Å². The van der Waals surface area contributed by atoms with Crippen LogP contribution in [0.2, 0.25) is 0 Å². The highest BCUT2D eigenvalue weighted by molar-refractivity contribution is 8.22. The van der Waals surface area contributed by atoms with E-state index in [1.165, 1.54) is 11.8 Å². The normalized spacial score (nSPS) is 9.18. The molecule has 0 bridgehead atoms. The third-order valence-corrected chi connectivity index (χ3v) is 2.37. The summed E-state index contributed by atoms with van der Waals surface area (Å²) in [5.41, 5.74) is 0. The molecule has 1 aromatic rings. The van der Waals surface area contributed by atoms with Gasteiger partial charge in [-0.2, -0.15) is 0 Å². The van der Waals surface area contributed by atoms with Crippen molar-refractivity contribution >= 4 is 28.4 Å². The number of hydrogen-bond acceptors (Lipinski definition) is 3. The summed E-state index contributed by atoms with van der Waals surface area (Å²) in [5.74, 6) is 0. The van der Waals surface area contributed by atoms with Gasteiger partial charge >= 0.3 is 0 Å². The number of thioether (sulfide) groups is 1. The Balaban J connectivity index is 2.58. The quantitative estimate of drug-likeness (QED) is 0.490. The van der Waals surface area contributed by atoms with E-state index in [0.717, 1.165) is 4.90 Å². The van der Waals surface area contributed by atoms with Gasteiger partial charge in [-0.05, 0) is 36.1 Å². The standard InChI is InChI=1S/C8H8OS2/c1-9-8(10)11-7-5-3-2-4-6-7/h2-6H,1H3. The van der Waals surface area contributed by atoms with Gasteiger partial charge < -0.3 is 4.74 Å². The maximum atomic E-state index is 4.88. The fourth-order valence-electron chi connectivity index (χ4n) is 0.626. The lowest BCUT2D eigenvalue weighted by Gasteiger charge is -1.99. The van der Waals surface area contributed by atoms with Crippen molar-refractivity contribution in [1.29, 1.82) is 0 Å². The first-order valence-electron chi connectivity index (χ1n) is 3.14. The molecule has 0 saturated carbocycles. The maximum absolute atomic E-state index is 4.88. The predicted molar refractivity (Wildman–Crippen MR) is 51.9 cm³/mol. The summed E-state index contributed by atoms with van der Waals surface area (Å²) in [5, 5.41) is 0. The van der Waals surface area contributed by atoms with Gasteiger partial charge in [-0.1, -0.05) is 18.2 Å². The minimum atomic E-state index is 0.552. The summed E-state index contributed by atoms with van der Waals surface area (Å²) >= 11 is 6.33. The Morgan fingerprint density at radius 1 is 1.36 bits per heavy atom. The Hall–Kier alpha value is -0.540. The Labute approximate surface area is 75.8 Å². The van der Waals surface area contributed by atoms with Crippen molar-refractivity contribution in [3.63, 3.8) is 0 Å². The summed E-state index contributed by atoms with van der Waals surface area (Å²) in [6, 6.07) is 9.91. The van der Waals surface area contributed by atoms with E-state index >= 15 is 0 Å². The number of thiocarbonyl (C=S) groups is 1. The monoisotopic (exact) mass is 184 g/mol. The zero-order valence-electron chi connectivity index (χ0n) is 6.11. The van der Waals surface area contributed by atoms with Crippen LogP contribution in [0.15, 0.2) is 35.2 Å². The molecule has 0 aliphatic carbocycles. The number of methoxy groups -OCH3 is 1. The molecule has 0 radical (unpaired) electrons. The van der Waals surface area contributed by atoms with Gasteiger partial charge in [-0.3, -0.25) is 0 Å². The average Bonchev–Trinajstić information content (AvgIpc) is 2.06. The Kier molecular flexibility index (Phi) is 3.39. The van der Waals surface area contributed by atoms with E-state index in [1.54, 1.807) is 7.11 Å². The van der Waals surface area contributed by atoms with Crippen LogP contribution in [0.25, 0.3) is 0 Å². The second-order valence-corrected chi connectivity index (χ2v) is 3.54. The lowest BCUT2D eigenvalue weighted by molar-refractivity contribution is 0.426. The van der Waals surface area contributed by atoms with Crippen molar-refractivity contribution in [3.8, 4) is 0 Å². The number of ether oxygens (including phenoxy) is 1. The molecule has 0 spiro atoms. The summed E-state index contributed by atoms with van der Waals surface area (Å²) in [6.07, 6.45) is 0. The van der Waals surface area contributed by atoms with Crippen molar-refractivity contribution < 1.29 is 4.74 Å². The first-order valence-corrected chi connectivity index (χ1v) is 4.36. The van der Waals surface area contributed by atoms with Crippen molar-refractivity contribution in [3.05, 3.63) is 30.3 Å². The van der Waals surface area contributed by atoms with Crippen molar-refractivity contribution in [1.82, 2.24) is 0 Å². The van der Waals surface area contributed by atoms with Gasteiger partial charge in [0.05, 0.1) is 7.11 Å². The van der Waals surface area contributed by atoms with Crippen LogP contribution in [-0.2, 0) is 4.74 Å². The number of benzene rings is 1. The number of rotatable bonds is 1. The maximum Gasteiger partial charge on any atom is 0.224 e. The minimum absolute atomic E-state index is 0.552. The van der Waals surface area contributed by atoms with Gasteiger partial charge in [0, 0.05) is 4.90 Å². The van der Waals surface area contributed by atoms with Crippen LogP contribution in [0.1, 0.15) is 0 Å². The molecular weight excluding hydrogens is 176 g/mol. The zero-order valence-corrected chi connectivity index (χ0v) is 7.74. The summed E-state index contributed by atoms with van der Waals surface area (Å²) < 4.78 is 5.40. The molecule has 11 heavy (non-hydrogen) atoms. The molecule has 0 N–H and O–H groups in total. The second-order valence-electron chi connectivity index (χ2n) is 1.87. The SMILES string of the molecule is COC(=S)Sc1ccccc1. The fraction of sp³-hybridized carbons (Fsp3) is 0.125. The Morgan fingerprint density at radius 2 is 2.00 bits per heavy atom. The zero-order chi connectivity index (χ0) is 8.10. The van der Waals surface area contributed by atoms with Crippen LogP contribution in [0.5, 0.6) is 0 Å². The van der Waals surface area contributed by atoms with Crippen LogP contribution in [0.3, 0.4) is 0 Å². The summed E-state index contributed by atoms with van der Waals surface area (Å²) in [4.78, 5) is 1.11. The van der Waals surface area contributed by atoms with E-state index in [2.05, 4.69) is 0 Å². The molecule has 1 nitrogen and oxygen atoms in total. The smallest absolute Gasteiger partial charge is 0.224 e. The molecule has 3 heteroatoms. The summed E-state index contributed by atoms with van der Waals surface area (Å²) in [7, 11) is 1.58. The third-order valence-electron chi connectivity index (χ3n) is 1.11. The molecule has 0 atom stereocenters. The van der Waals surface area contributed by atoms with Gasteiger partial charge in [0.1, 0.15) is 0 Å². The second kappa shape index (κ2) is 4.36. The van der Waals surface area contributed by atoms with Gasteiger partial charge in [0.2, 0.25) is 4.38 Å². The van der Waals surface area contributed by atoms with Crippen LogP contribution in [0, 0.1) is 0 Å². The molecule has 0 fully saturated rings. The number of hydrogen-bond donors (Lipinski definition) is 0. The molecule has 1 aromatic carbocycles.